The maximum Gasteiger partial charge on any atom is 0.244 e. The summed E-state index contributed by atoms with van der Waals surface area (Å²) in [5.74, 6) is 0.379. The lowest BCUT2D eigenvalue weighted by atomic mass is 9.87. The van der Waals surface area contributed by atoms with Crippen LogP contribution in [0, 0.1) is 11.7 Å². The van der Waals surface area contributed by atoms with Crippen molar-refractivity contribution in [1.29, 1.82) is 0 Å². The molecule has 2 unspecified atom stereocenters. The molecule has 3 heteroatoms. The van der Waals surface area contributed by atoms with E-state index in [1.807, 2.05) is 6.92 Å². The van der Waals surface area contributed by atoms with E-state index in [2.05, 4.69) is 12.2 Å². The van der Waals surface area contributed by atoms with Crippen molar-refractivity contribution in [1.82, 2.24) is 5.32 Å². The van der Waals surface area contributed by atoms with Gasteiger partial charge in [-0.2, -0.15) is 0 Å². The summed E-state index contributed by atoms with van der Waals surface area (Å²) in [4.78, 5) is 12.0. The van der Waals surface area contributed by atoms with Crippen molar-refractivity contribution >= 4 is 11.5 Å². The lowest BCUT2D eigenvalue weighted by molar-refractivity contribution is -0.117. The predicted molar refractivity (Wildman–Crippen MR) is 79.6 cm³/mol. The largest absolute Gasteiger partial charge is 0.350 e. The van der Waals surface area contributed by atoms with Gasteiger partial charge in [-0.1, -0.05) is 31.9 Å². The van der Waals surface area contributed by atoms with Gasteiger partial charge in [0.25, 0.3) is 0 Å². The molecule has 1 fully saturated rings. The average molecular weight is 275 g/mol. The Kier molecular flexibility index (Phi) is 4.94. The molecule has 1 aromatic carbocycles. The average Bonchev–Trinajstić information content (AvgIpc) is 2.39. The predicted octanol–water partition coefficient (Wildman–Crippen LogP) is 3.92. The maximum atomic E-state index is 12.9. The Labute approximate surface area is 120 Å². The van der Waals surface area contributed by atoms with Crippen molar-refractivity contribution in [3.8, 4) is 0 Å². The van der Waals surface area contributed by atoms with Crippen LogP contribution < -0.4 is 5.32 Å². The van der Waals surface area contributed by atoms with Crippen LogP contribution in [0.2, 0.25) is 0 Å². The lowest BCUT2D eigenvalue weighted by Gasteiger charge is -2.27. The van der Waals surface area contributed by atoms with Gasteiger partial charge in [-0.05, 0) is 49.0 Å². The number of hydrogen-bond donors (Lipinski definition) is 1. The fourth-order valence-electron chi connectivity index (χ4n) is 2.80. The monoisotopic (exact) mass is 275 g/mol. The quantitative estimate of drug-likeness (QED) is 0.832. The van der Waals surface area contributed by atoms with E-state index < -0.39 is 0 Å². The second kappa shape index (κ2) is 6.69. The number of rotatable bonds is 3. The summed E-state index contributed by atoms with van der Waals surface area (Å²) in [7, 11) is 0. The van der Waals surface area contributed by atoms with Gasteiger partial charge in [0.15, 0.2) is 0 Å². The number of nitrogens with one attached hydrogen (secondary N) is 1. The van der Waals surface area contributed by atoms with Crippen molar-refractivity contribution < 1.29 is 9.18 Å². The van der Waals surface area contributed by atoms with Gasteiger partial charge in [0, 0.05) is 12.1 Å². The molecular weight excluding hydrogens is 253 g/mol. The fourth-order valence-corrected chi connectivity index (χ4v) is 2.80. The van der Waals surface area contributed by atoms with E-state index in [0.717, 1.165) is 24.0 Å². The van der Waals surface area contributed by atoms with Gasteiger partial charge in [0.05, 0.1) is 0 Å². The zero-order chi connectivity index (χ0) is 14.5. The Bertz CT molecular complexity index is 492. The molecular formula is C17H22FNO. The molecule has 1 saturated carbocycles. The maximum absolute atomic E-state index is 12.9. The number of hydrogen-bond acceptors (Lipinski definition) is 1. The molecule has 0 aromatic heterocycles. The van der Waals surface area contributed by atoms with E-state index in [4.69, 9.17) is 0 Å². The van der Waals surface area contributed by atoms with E-state index >= 15 is 0 Å². The van der Waals surface area contributed by atoms with Crippen LogP contribution in [0.3, 0.4) is 0 Å². The summed E-state index contributed by atoms with van der Waals surface area (Å²) in [6.45, 7) is 4.11. The number of benzene rings is 1. The van der Waals surface area contributed by atoms with E-state index in [9.17, 15) is 9.18 Å². The van der Waals surface area contributed by atoms with E-state index in [-0.39, 0.29) is 11.7 Å². The molecule has 0 saturated heterocycles. The van der Waals surface area contributed by atoms with E-state index in [1.54, 1.807) is 18.2 Å². The Morgan fingerprint density at radius 2 is 2.00 bits per heavy atom. The summed E-state index contributed by atoms with van der Waals surface area (Å²) >= 11 is 0. The first-order valence-electron chi connectivity index (χ1n) is 7.29. The van der Waals surface area contributed by atoms with Gasteiger partial charge in [0.2, 0.25) is 5.91 Å². The van der Waals surface area contributed by atoms with Crippen molar-refractivity contribution in [2.24, 2.45) is 5.92 Å². The van der Waals surface area contributed by atoms with Gasteiger partial charge in [0.1, 0.15) is 5.82 Å². The summed E-state index contributed by atoms with van der Waals surface area (Å²) in [6, 6.07) is 6.50. The number of carbonyl (C=O) groups excluding carboxylic acids is 1. The summed E-state index contributed by atoms with van der Waals surface area (Å²) in [5.41, 5.74) is 1.73. The molecule has 1 aliphatic rings. The highest BCUT2D eigenvalue weighted by Gasteiger charge is 2.19. The van der Waals surface area contributed by atoms with Gasteiger partial charge < -0.3 is 5.32 Å². The van der Waals surface area contributed by atoms with Crippen LogP contribution in [-0.4, -0.2) is 11.9 Å². The first-order chi connectivity index (χ1) is 9.54. The van der Waals surface area contributed by atoms with Crippen LogP contribution in [0.5, 0.6) is 0 Å². The van der Waals surface area contributed by atoms with Crippen LogP contribution in [-0.2, 0) is 4.79 Å². The molecule has 1 aromatic rings. The van der Waals surface area contributed by atoms with Crippen molar-refractivity contribution in [3.05, 3.63) is 41.7 Å². The second-order valence-electron chi connectivity index (χ2n) is 5.81. The van der Waals surface area contributed by atoms with Crippen LogP contribution in [0.4, 0.5) is 4.39 Å². The highest BCUT2D eigenvalue weighted by molar-refractivity contribution is 5.94. The molecule has 1 amide bonds. The summed E-state index contributed by atoms with van der Waals surface area (Å²) < 4.78 is 12.9. The Hall–Kier alpha value is -1.64. The Morgan fingerprint density at radius 3 is 2.65 bits per heavy atom. The molecule has 0 bridgehead atoms. The van der Waals surface area contributed by atoms with Crippen LogP contribution in [0.1, 0.15) is 45.1 Å². The van der Waals surface area contributed by atoms with Crippen LogP contribution >= 0.6 is 0 Å². The first-order valence-corrected chi connectivity index (χ1v) is 7.29. The second-order valence-corrected chi connectivity index (χ2v) is 5.81. The summed E-state index contributed by atoms with van der Waals surface area (Å²) in [6.07, 6.45) is 6.19. The summed E-state index contributed by atoms with van der Waals surface area (Å²) in [5, 5.41) is 3.07. The molecule has 1 N–H and O–H groups in total. The van der Waals surface area contributed by atoms with Gasteiger partial charge in [-0.3, -0.25) is 4.79 Å². The minimum absolute atomic E-state index is 0.0501. The fraction of sp³-hybridized carbons (Fsp3) is 0.471. The molecule has 20 heavy (non-hydrogen) atoms. The van der Waals surface area contributed by atoms with Crippen LogP contribution in [0.15, 0.2) is 30.3 Å². The molecule has 0 aliphatic heterocycles. The molecule has 0 radical (unpaired) electrons. The van der Waals surface area contributed by atoms with Gasteiger partial charge in [-0.15, -0.1) is 0 Å². The third-order valence-electron chi connectivity index (χ3n) is 3.93. The molecule has 0 spiro atoms. The Morgan fingerprint density at radius 1 is 1.30 bits per heavy atom. The molecule has 1 aliphatic carbocycles. The Balaban J connectivity index is 1.95. The number of amides is 1. The SMILES string of the molecule is CC(=CC(=O)NC1CCCC(C)C1)c1ccc(F)cc1. The standard InChI is InChI=1S/C17H22FNO/c1-12-4-3-5-16(10-12)19-17(20)11-13(2)14-6-8-15(18)9-7-14/h6-9,11-12,16H,3-5,10H2,1-2H3,(H,19,20). The van der Waals surface area contributed by atoms with Gasteiger partial charge in [-0.25, -0.2) is 4.39 Å². The minimum atomic E-state index is -0.262. The molecule has 2 atom stereocenters. The molecule has 2 nitrogen and oxygen atoms in total. The number of carbonyl (C=O) groups is 1. The van der Waals surface area contributed by atoms with Crippen LogP contribution in [0.25, 0.3) is 5.57 Å². The molecule has 108 valence electrons. The minimum Gasteiger partial charge on any atom is -0.350 e. The van der Waals surface area contributed by atoms with E-state index in [0.29, 0.717) is 12.0 Å². The molecule has 2 rings (SSSR count). The highest BCUT2D eigenvalue weighted by atomic mass is 19.1. The normalized spacial score (nSPS) is 23.4. The zero-order valence-corrected chi connectivity index (χ0v) is 12.2. The molecule has 0 heterocycles. The van der Waals surface area contributed by atoms with E-state index in [1.165, 1.54) is 25.0 Å². The van der Waals surface area contributed by atoms with Gasteiger partial charge >= 0.3 is 0 Å². The zero-order valence-electron chi connectivity index (χ0n) is 12.2. The van der Waals surface area contributed by atoms with Crippen molar-refractivity contribution in [3.63, 3.8) is 0 Å². The van der Waals surface area contributed by atoms with Crippen molar-refractivity contribution in [2.45, 2.75) is 45.6 Å². The first kappa shape index (κ1) is 14.8. The topological polar surface area (TPSA) is 29.1 Å². The third kappa shape index (κ3) is 4.19. The lowest BCUT2D eigenvalue weighted by Crippen LogP contribution is -2.37. The third-order valence-corrected chi connectivity index (χ3v) is 3.93. The smallest absolute Gasteiger partial charge is 0.244 e. The number of halogens is 1. The highest BCUT2D eigenvalue weighted by Crippen LogP contribution is 2.23. The van der Waals surface area contributed by atoms with Crippen molar-refractivity contribution in [2.75, 3.05) is 0 Å². The number of allylic oxidation sites excluding steroid dienone is 1.